The van der Waals surface area contributed by atoms with Crippen LogP contribution in [0.2, 0.25) is 0 Å². The number of pyridine rings is 1. The van der Waals surface area contributed by atoms with Crippen molar-refractivity contribution in [1.82, 2.24) is 15.0 Å². The third kappa shape index (κ3) is 2.57. The molecule has 5 heteroatoms. The van der Waals surface area contributed by atoms with Gasteiger partial charge in [0.2, 0.25) is 0 Å². The minimum atomic E-state index is -0.0924. The smallest absolute Gasteiger partial charge is 0.264 e. The van der Waals surface area contributed by atoms with Gasteiger partial charge in [0.25, 0.3) is 5.56 Å². The van der Waals surface area contributed by atoms with Gasteiger partial charge >= 0.3 is 0 Å². The van der Waals surface area contributed by atoms with Gasteiger partial charge in [-0.1, -0.05) is 32.0 Å². The van der Waals surface area contributed by atoms with E-state index in [0.29, 0.717) is 9.39 Å². The van der Waals surface area contributed by atoms with Gasteiger partial charge in [0.1, 0.15) is 5.82 Å². The van der Waals surface area contributed by atoms with E-state index in [2.05, 4.69) is 37.5 Å². The van der Waals surface area contributed by atoms with Crippen LogP contribution in [-0.4, -0.2) is 15.0 Å². The summed E-state index contributed by atoms with van der Waals surface area (Å²) in [6, 6.07) is 9.74. The van der Waals surface area contributed by atoms with Crippen LogP contribution >= 0.6 is 22.6 Å². The molecule has 0 unspecified atom stereocenters. The van der Waals surface area contributed by atoms with Crippen LogP contribution in [0, 0.1) is 3.57 Å². The number of nitrogens with one attached hydrogen (secondary N) is 1. The molecule has 0 aliphatic carbocycles. The average Bonchev–Trinajstić information content (AvgIpc) is 2.49. The van der Waals surface area contributed by atoms with Crippen LogP contribution in [0.3, 0.4) is 0 Å². The molecule has 0 atom stereocenters. The highest BCUT2D eigenvalue weighted by Crippen LogP contribution is 2.26. The van der Waals surface area contributed by atoms with Crippen molar-refractivity contribution in [1.29, 1.82) is 0 Å². The summed E-state index contributed by atoms with van der Waals surface area (Å²) in [4.78, 5) is 24.0. The summed E-state index contributed by atoms with van der Waals surface area (Å²) in [5.74, 6) is 0.800. The normalized spacial score (nSPS) is 11.2. The van der Waals surface area contributed by atoms with Crippen molar-refractivity contribution < 1.29 is 0 Å². The zero-order valence-corrected chi connectivity index (χ0v) is 13.9. The lowest BCUT2D eigenvalue weighted by molar-refractivity contribution is 0.803. The molecule has 2 aromatic heterocycles. The zero-order chi connectivity index (χ0) is 15.0. The SMILES string of the molecule is CC(C)c1nc(-c2ccnc3ccccc23)[nH]c(=O)c1I. The molecule has 3 rings (SSSR count). The molecule has 21 heavy (non-hydrogen) atoms. The highest BCUT2D eigenvalue weighted by atomic mass is 127. The summed E-state index contributed by atoms with van der Waals surface area (Å²) < 4.78 is 0.657. The lowest BCUT2D eigenvalue weighted by atomic mass is 10.1. The van der Waals surface area contributed by atoms with Crippen molar-refractivity contribution in [2.45, 2.75) is 19.8 Å². The van der Waals surface area contributed by atoms with Gasteiger partial charge in [0.05, 0.1) is 14.8 Å². The predicted molar refractivity (Wildman–Crippen MR) is 92.4 cm³/mol. The van der Waals surface area contributed by atoms with E-state index in [0.717, 1.165) is 22.2 Å². The first-order chi connectivity index (χ1) is 10.1. The molecule has 0 fully saturated rings. The average molecular weight is 391 g/mol. The maximum atomic E-state index is 12.2. The fourth-order valence-corrected chi connectivity index (χ4v) is 3.17. The van der Waals surface area contributed by atoms with Gasteiger partial charge in [0, 0.05) is 17.1 Å². The molecular formula is C16H14IN3O. The maximum Gasteiger partial charge on any atom is 0.264 e. The largest absolute Gasteiger partial charge is 0.306 e. The van der Waals surface area contributed by atoms with Crippen molar-refractivity contribution >= 4 is 33.5 Å². The minimum Gasteiger partial charge on any atom is -0.306 e. The third-order valence-electron chi connectivity index (χ3n) is 3.34. The number of aromatic nitrogens is 3. The molecular weight excluding hydrogens is 377 g/mol. The Balaban J connectivity index is 2.31. The molecule has 1 N–H and O–H groups in total. The van der Waals surface area contributed by atoms with Crippen LogP contribution in [0.4, 0.5) is 0 Å². The van der Waals surface area contributed by atoms with Gasteiger partial charge in [-0.2, -0.15) is 0 Å². The summed E-state index contributed by atoms with van der Waals surface area (Å²) in [6.45, 7) is 4.08. The predicted octanol–water partition coefficient (Wildman–Crippen LogP) is 3.71. The van der Waals surface area contributed by atoms with E-state index < -0.39 is 0 Å². The second kappa shape index (κ2) is 5.55. The number of benzene rings is 1. The Bertz CT molecular complexity index is 866. The fraction of sp³-hybridized carbons (Fsp3) is 0.188. The maximum absolute atomic E-state index is 12.2. The van der Waals surface area contributed by atoms with Crippen LogP contribution in [0.1, 0.15) is 25.5 Å². The summed E-state index contributed by atoms with van der Waals surface area (Å²) in [5.41, 5.74) is 2.53. The van der Waals surface area contributed by atoms with Gasteiger partial charge in [0.15, 0.2) is 0 Å². The monoisotopic (exact) mass is 391 g/mol. The lowest BCUT2D eigenvalue weighted by Gasteiger charge is -2.10. The first-order valence-electron chi connectivity index (χ1n) is 6.71. The molecule has 0 amide bonds. The molecule has 106 valence electrons. The molecule has 0 aliphatic heterocycles. The van der Waals surface area contributed by atoms with Crippen LogP contribution in [0.25, 0.3) is 22.3 Å². The number of fused-ring (bicyclic) bond motifs is 1. The topological polar surface area (TPSA) is 58.6 Å². The summed E-state index contributed by atoms with van der Waals surface area (Å²) in [6.07, 6.45) is 1.74. The number of H-pyrrole nitrogens is 1. The molecule has 0 aliphatic rings. The molecule has 0 saturated carbocycles. The highest BCUT2D eigenvalue weighted by molar-refractivity contribution is 14.1. The Kier molecular flexibility index (Phi) is 3.75. The number of para-hydroxylation sites is 1. The second-order valence-corrected chi connectivity index (χ2v) is 6.22. The van der Waals surface area contributed by atoms with Crippen LogP contribution in [-0.2, 0) is 0 Å². The quantitative estimate of drug-likeness (QED) is 0.678. The number of halogens is 1. The number of nitrogens with zero attached hydrogens (tertiary/aromatic N) is 2. The number of hydrogen-bond acceptors (Lipinski definition) is 3. The standard InChI is InChI=1S/C16H14IN3O/c1-9(2)14-13(17)16(21)20-15(19-14)11-7-8-18-12-6-4-3-5-10(11)12/h3-9H,1-2H3,(H,19,20,21). The Labute approximate surface area is 135 Å². The van der Waals surface area contributed by atoms with Crippen LogP contribution in [0.5, 0.6) is 0 Å². The molecule has 2 heterocycles. The van der Waals surface area contributed by atoms with Gasteiger partial charge in [-0.25, -0.2) is 4.98 Å². The number of hydrogen-bond donors (Lipinski definition) is 1. The Morgan fingerprint density at radius 1 is 1.19 bits per heavy atom. The van der Waals surface area contributed by atoms with Crippen molar-refractivity contribution in [3.63, 3.8) is 0 Å². The number of aromatic amines is 1. The highest BCUT2D eigenvalue weighted by Gasteiger charge is 2.14. The van der Waals surface area contributed by atoms with Gasteiger partial charge in [-0.15, -0.1) is 0 Å². The van der Waals surface area contributed by atoms with E-state index in [9.17, 15) is 4.79 Å². The van der Waals surface area contributed by atoms with E-state index in [1.165, 1.54) is 0 Å². The molecule has 1 aromatic carbocycles. The first kappa shape index (κ1) is 14.2. The van der Waals surface area contributed by atoms with E-state index >= 15 is 0 Å². The van der Waals surface area contributed by atoms with Gasteiger partial charge in [-0.05, 0) is 40.6 Å². The van der Waals surface area contributed by atoms with E-state index in [1.54, 1.807) is 6.20 Å². The Morgan fingerprint density at radius 3 is 2.71 bits per heavy atom. The number of rotatable bonds is 2. The van der Waals surface area contributed by atoms with Crippen molar-refractivity contribution in [3.05, 3.63) is 56.1 Å². The van der Waals surface area contributed by atoms with Crippen molar-refractivity contribution in [3.8, 4) is 11.4 Å². The molecule has 0 radical (unpaired) electrons. The van der Waals surface area contributed by atoms with E-state index in [1.807, 2.05) is 44.2 Å². The molecule has 0 spiro atoms. The van der Waals surface area contributed by atoms with Gasteiger partial charge < -0.3 is 4.98 Å². The van der Waals surface area contributed by atoms with E-state index in [-0.39, 0.29) is 11.5 Å². The van der Waals surface area contributed by atoms with Gasteiger partial charge in [-0.3, -0.25) is 9.78 Å². The van der Waals surface area contributed by atoms with Crippen molar-refractivity contribution in [2.24, 2.45) is 0 Å². The summed E-state index contributed by atoms with van der Waals surface area (Å²) >= 11 is 2.06. The second-order valence-electron chi connectivity index (χ2n) is 5.14. The fourth-order valence-electron chi connectivity index (χ4n) is 2.29. The summed E-state index contributed by atoms with van der Waals surface area (Å²) in [5, 5.41) is 0.985. The molecule has 3 aromatic rings. The van der Waals surface area contributed by atoms with E-state index in [4.69, 9.17) is 0 Å². The Hall–Kier alpha value is -1.76. The zero-order valence-electron chi connectivity index (χ0n) is 11.7. The first-order valence-corrected chi connectivity index (χ1v) is 7.79. The lowest BCUT2D eigenvalue weighted by Crippen LogP contribution is -2.17. The summed E-state index contributed by atoms with van der Waals surface area (Å²) in [7, 11) is 0. The molecule has 0 saturated heterocycles. The third-order valence-corrected chi connectivity index (χ3v) is 4.38. The molecule has 0 bridgehead atoms. The Morgan fingerprint density at radius 2 is 1.95 bits per heavy atom. The minimum absolute atomic E-state index is 0.0924. The van der Waals surface area contributed by atoms with Crippen molar-refractivity contribution in [2.75, 3.05) is 0 Å². The molecule has 4 nitrogen and oxygen atoms in total. The van der Waals surface area contributed by atoms with Crippen LogP contribution < -0.4 is 5.56 Å². The van der Waals surface area contributed by atoms with Crippen LogP contribution in [0.15, 0.2) is 41.3 Å².